The number of aliphatic hydroxyl groups is 1. The van der Waals surface area contributed by atoms with Crippen LogP contribution in [0.2, 0.25) is 10.0 Å². The molecule has 0 saturated carbocycles. The number of nitrogens with zero attached hydrogens (tertiary/aromatic N) is 2. The summed E-state index contributed by atoms with van der Waals surface area (Å²) >= 11 is 12.8. The number of hydrogen-bond acceptors (Lipinski definition) is 5. The maximum atomic E-state index is 10.1. The summed E-state index contributed by atoms with van der Waals surface area (Å²) in [6.07, 6.45) is 5.25. The van der Waals surface area contributed by atoms with Crippen molar-refractivity contribution < 1.29 is 9.84 Å². The number of rotatable bonds is 6. The van der Waals surface area contributed by atoms with Crippen molar-refractivity contribution in [3.8, 4) is 11.3 Å². The Balaban J connectivity index is 1.73. The molecule has 1 fully saturated rings. The quantitative estimate of drug-likeness (QED) is 0.534. The standard InChI is InChI=1S/C21H22Cl2N4O2/c22-13-3-4-15(16(10-13)17(12-28)19-2-1-7-24-19)20-18(23)11-25-21(27-20)26-14-5-8-29-9-6-14/h1-4,7,10-11,14,17,24,28H,5-6,8-9,12H2,(H,25,26,27). The fourth-order valence-corrected chi connectivity index (χ4v) is 3.99. The summed E-state index contributed by atoms with van der Waals surface area (Å²) in [4.78, 5) is 12.2. The Bertz CT molecular complexity index is 959. The first-order chi connectivity index (χ1) is 14.2. The zero-order chi connectivity index (χ0) is 20.2. The molecule has 2 aromatic heterocycles. The van der Waals surface area contributed by atoms with Crippen LogP contribution in [0.1, 0.15) is 30.0 Å². The molecule has 1 atom stereocenters. The van der Waals surface area contributed by atoms with Gasteiger partial charge < -0.3 is 20.1 Å². The summed E-state index contributed by atoms with van der Waals surface area (Å²) < 4.78 is 5.41. The van der Waals surface area contributed by atoms with Crippen LogP contribution in [0.25, 0.3) is 11.3 Å². The first kappa shape index (κ1) is 20.2. The van der Waals surface area contributed by atoms with Crippen LogP contribution in [-0.2, 0) is 4.74 Å². The van der Waals surface area contributed by atoms with Crippen LogP contribution < -0.4 is 5.32 Å². The van der Waals surface area contributed by atoms with Gasteiger partial charge in [0.1, 0.15) is 0 Å². The Morgan fingerprint density at radius 2 is 2.07 bits per heavy atom. The van der Waals surface area contributed by atoms with Crippen LogP contribution in [-0.4, -0.2) is 45.9 Å². The molecule has 1 aliphatic rings. The highest BCUT2D eigenvalue weighted by Gasteiger charge is 2.22. The zero-order valence-electron chi connectivity index (χ0n) is 15.7. The summed E-state index contributed by atoms with van der Waals surface area (Å²) in [5.41, 5.74) is 3.15. The Labute approximate surface area is 179 Å². The highest BCUT2D eigenvalue weighted by molar-refractivity contribution is 6.33. The van der Waals surface area contributed by atoms with Crippen LogP contribution in [0.3, 0.4) is 0 Å². The molecule has 3 heterocycles. The summed E-state index contributed by atoms with van der Waals surface area (Å²) in [6.45, 7) is 1.38. The smallest absolute Gasteiger partial charge is 0.223 e. The van der Waals surface area contributed by atoms with Gasteiger partial charge in [0.15, 0.2) is 0 Å². The zero-order valence-corrected chi connectivity index (χ0v) is 17.2. The highest BCUT2D eigenvalue weighted by Crippen LogP contribution is 2.37. The fourth-order valence-electron chi connectivity index (χ4n) is 3.61. The van der Waals surface area contributed by atoms with E-state index in [-0.39, 0.29) is 18.6 Å². The molecular formula is C21H22Cl2N4O2. The number of benzene rings is 1. The van der Waals surface area contributed by atoms with Crippen LogP contribution in [0.5, 0.6) is 0 Å². The van der Waals surface area contributed by atoms with Crippen molar-refractivity contribution in [2.24, 2.45) is 0 Å². The molecule has 1 aromatic carbocycles. The average molecular weight is 433 g/mol. The Kier molecular flexibility index (Phi) is 6.35. The number of aromatic amines is 1. The predicted octanol–water partition coefficient (Wildman–Crippen LogP) is 4.49. The molecule has 3 N–H and O–H groups in total. The second-order valence-corrected chi connectivity index (χ2v) is 7.86. The molecule has 6 nitrogen and oxygen atoms in total. The number of anilines is 1. The average Bonchev–Trinajstić information content (AvgIpc) is 3.26. The van der Waals surface area contributed by atoms with Crippen molar-refractivity contribution in [2.45, 2.75) is 24.8 Å². The third-order valence-electron chi connectivity index (χ3n) is 5.12. The largest absolute Gasteiger partial charge is 0.395 e. The third-order valence-corrected chi connectivity index (χ3v) is 5.63. The van der Waals surface area contributed by atoms with Crippen LogP contribution in [0, 0.1) is 0 Å². The van der Waals surface area contributed by atoms with Gasteiger partial charge in [-0.1, -0.05) is 29.3 Å². The number of ether oxygens (including phenoxy) is 1. The van der Waals surface area contributed by atoms with Crippen molar-refractivity contribution in [3.05, 3.63) is 64.0 Å². The number of aromatic nitrogens is 3. The third kappa shape index (κ3) is 4.56. The van der Waals surface area contributed by atoms with E-state index in [0.717, 1.165) is 42.9 Å². The number of hydrogen-bond donors (Lipinski definition) is 3. The molecule has 3 aromatic rings. The monoisotopic (exact) mass is 432 g/mol. The lowest BCUT2D eigenvalue weighted by Crippen LogP contribution is -2.28. The summed E-state index contributed by atoms with van der Waals surface area (Å²) in [5.74, 6) is 0.245. The number of aliphatic hydroxyl groups excluding tert-OH is 1. The minimum Gasteiger partial charge on any atom is -0.395 e. The molecular weight excluding hydrogens is 411 g/mol. The van der Waals surface area contributed by atoms with Crippen molar-refractivity contribution in [3.63, 3.8) is 0 Å². The molecule has 29 heavy (non-hydrogen) atoms. The van der Waals surface area contributed by atoms with Gasteiger partial charge in [0.2, 0.25) is 5.95 Å². The van der Waals surface area contributed by atoms with Gasteiger partial charge >= 0.3 is 0 Å². The molecule has 0 aliphatic carbocycles. The minimum atomic E-state index is -0.281. The number of halogens is 2. The van der Waals surface area contributed by atoms with Crippen molar-refractivity contribution in [1.82, 2.24) is 15.0 Å². The van der Waals surface area contributed by atoms with E-state index in [9.17, 15) is 5.11 Å². The van der Waals surface area contributed by atoms with Gasteiger partial charge in [0, 0.05) is 47.7 Å². The first-order valence-electron chi connectivity index (χ1n) is 9.56. The van der Waals surface area contributed by atoms with Gasteiger partial charge in [-0.2, -0.15) is 0 Å². The summed E-state index contributed by atoms with van der Waals surface area (Å²) in [7, 11) is 0. The Morgan fingerprint density at radius 3 is 2.79 bits per heavy atom. The molecule has 1 aliphatic heterocycles. The van der Waals surface area contributed by atoms with Crippen molar-refractivity contribution in [1.29, 1.82) is 0 Å². The molecule has 152 valence electrons. The summed E-state index contributed by atoms with van der Waals surface area (Å²) in [6, 6.07) is 9.64. The molecule has 0 amide bonds. The van der Waals surface area contributed by atoms with Crippen LogP contribution >= 0.6 is 23.2 Å². The Morgan fingerprint density at radius 1 is 1.24 bits per heavy atom. The SMILES string of the molecule is OCC(c1ccc[nH]1)c1cc(Cl)ccc1-c1nc(NC2CCOCC2)ncc1Cl. The second-order valence-electron chi connectivity index (χ2n) is 7.01. The van der Waals surface area contributed by atoms with Gasteiger partial charge in [0.25, 0.3) is 0 Å². The van der Waals surface area contributed by atoms with Crippen LogP contribution in [0.15, 0.2) is 42.7 Å². The van der Waals surface area contributed by atoms with Crippen molar-refractivity contribution >= 4 is 29.2 Å². The molecule has 1 saturated heterocycles. The van der Waals surface area contributed by atoms with E-state index in [1.54, 1.807) is 12.3 Å². The van der Waals surface area contributed by atoms with Gasteiger partial charge in [-0.05, 0) is 42.7 Å². The second kappa shape index (κ2) is 9.13. The van der Waals surface area contributed by atoms with Crippen molar-refractivity contribution in [2.75, 3.05) is 25.1 Å². The molecule has 0 spiro atoms. The topological polar surface area (TPSA) is 83.1 Å². The fraction of sp³-hybridized carbons (Fsp3) is 0.333. The molecule has 8 heteroatoms. The maximum absolute atomic E-state index is 10.1. The minimum absolute atomic E-state index is 0.0796. The van der Waals surface area contributed by atoms with Gasteiger partial charge in [-0.15, -0.1) is 0 Å². The lowest BCUT2D eigenvalue weighted by molar-refractivity contribution is 0.0903. The van der Waals surface area contributed by atoms with E-state index in [2.05, 4.69) is 15.3 Å². The Hall–Kier alpha value is -2.12. The van der Waals surface area contributed by atoms with E-state index < -0.39 is 0 Å². The van der Waals surface area contributed by atoms with E-state index in [0.29, 0.717) is 21.7 Å². The number of H-pyrrole nitrogens is 1. The molecule has 4 rings (SSSR count). The van der Waals surface area contributed by atoms with E-state index >= 15 is 0 Å². The van der Waals surface area contributed by atoms with Gasteiger partial charge in [-0.25, -0.2) is 9.97 Å². The van der Waals surface area contributed by atoms with E-state index in [1.165, 1.54) is 0 Å². The van der Waals surface area contributed by atoms with Gasteiger partial charge in [-0.3, -0.25) is 0 Å². The van der Waals surface area contributed by atoms with E-state index in [4.69, 9.17) is 32.9 Å². The normalized spacial score (nSPS) is 16.0. The molecule has 0 bridgehead atoms. The highest BCUT2D eigenvalue weighted by atomic mass is 35.5. The predicted molar refractivity (Wildman–Crippen MR) is 115 cm³/mol. The maximum Gasteiger partial charge on any atom is 0.223 e. The lowest BCUT2D eigenvalue weighted by atomic mass is 9.90. The van der Waals surface area contributed by atoms with E-state index in [1.807, 2.05) is 30.5 Å². The molecule has 0 radical (unpaired) electrons. The number of nitrogens with one attached hydrogen (secondary N) is 2. The molecule has 1 unspecified atom stereocenters. The van der Waals surface area contributed by atoms with Crippen LogP contribution in [0.4, 0.5) is 5.95 Å². The first-order valence-corrected chi connectivity index (χ1v) is 10.3. The summed E-state index contributed by atoms with van der Waals surface area (Å²) in [5, 5.41) is 14.5. The lowest BCUT2D eigenvalue weighted by Gasteiger charge is -2.23. The van der Waals surface area contributed by atoms with Gasteiger partial charge in [0.05, 0.1) is 23.5 Å².